The van der Waals surface area contributed by atoms with E-state index in [1.807, 2.05) is 18.2 Å². The van der Waals surface area contributed by atoms with Crippen LogP contribution in [0.15, 0.2) is 28.7 Å². The second-order valence-electron chi connectivity index (χ2n) is 5.78. The molecular weight excluding hydrogens is 348 g/mol. The van der Waals surface area contributed by atoms with Crippen molar-refractivity contribution >= 4 is 39.2 Å². The number of hydrogen-bond acceptors (Lipinski definition) is 2. The Labute approximate surface area is 140 Å². The van der Waals surface area contributed by atoms with Crippen LogP contribution < -0.4 is 10.6 Å². The van der Waals surface area contributed by atoms with Crippen LogP contribution in [0, 0.1) is 11.8 Å². The van der Waals surface area contributed by atoms with Gasteiger partial charge in [-0.15, -0.1) is 0 Å². The highest BCUT2D eigenvalue weighted by Gasteiger charge is 2.27. The van der Waals surface area contributed by atoms with E-state index in [1.54, 1.807) is 6.07 Å². The summed E-state index contributed by atoms with van der Waals surface area (Å²) in [5.74, 6) is 1.08. The molecule has 0 spiro atoms. The number of nitrogens with one attached hydrogen (secondary N) is 2. The predicted octanol–water partition coefficient (Wildman–Crippen LogP) is 3.88. The number of carbonyl (C=O) groups excluding carboxylic acids is 1. The Hall–Kier alpha value is -0.940. The first-order valence-corrected chi connectivity index (χ1v) is 8.55. The van der Waals surface area contributed by atoms with Gasteiger partial charge in [-0.05, 0) is 58.5 Å². The van der Waals surface area contributed by atoms with E-state index >= 15 is 0 Å². The molecule has 0 radical (unpaired) electrons. The van der Waals surface area contributed by atoms with Crippen LogP contribution in [0.25, 0.3) is 0 Å². The molecule has 1 aliphatic carbocycles. The number of halogens is 1. The molecule has 3 atom stereocenters. The molecule has 1 aromatic rings. The van der Waals surface area contributed by atoms with Gasteiger partial charge in [0.2, 0.25) is 0 Å². The molecule has 1 fully saturated rings. The minimum Gasteiger partial charge on any atom is -0.359 e. The van der Waals surface area contributed by atoms with Crippen LogP contribution in [0.3, 0.4) is 0 Å². The molecule has 21 heavy (non-hydrogen) atoms. The zero-order valence-corrected chi connectivity index (χ0v) is 14.8. The van der Waals surface area contributed by atoms with Crippen LogP contribution >= 0.6 is 28.1 Å². The Kier molecular flexibility index (Phi) is 5.76. The minimum atomic E-state index is -0.184. The lowest BCUT2D eigenvalue weighted by molar-refractivity contribution is 0.0975. The standard InChI is InChI=1S/C16H21BrN2OS/c1-10-6-5-9-14(11(10)2)18-16(21)19-15(20)12-7-3-4-8-13(12)17/h3-4,7-8,10-11,14H,5-6,9H2,1-2H3,(H2,18,19,20,21)/t10-,11-,14+/m1/s1. The van der Waals surface area contributed by atoms with Gasteiger partial charge < -0.3 is 5.32 Å². The summed E-state index contributed by atoms with van der Waals surface area (Å²) in [5.41, 5.74) is 0.590. The van der Waals surface area contributed by atoms with E-state index in [-0.39, 0.29) is 5.91 Å². The minimum absolute atomic E-state index is 0.184. The van der Waals surface area contributed by atoms with Gasteiger partial charge in [0.15, 0.2) is 5.11 Å². The second kappa shape index (κ2) is 7.36. The molecule has 0 heterocycles. The maximum atomic E-state index is 12.2. The van der Waals surface area contributed by atoms with Crippen molar-refractivity contribution in [2.24, 2.45) is 11.8 Å². The zero-order valence-electron chi connectivity index (χ0n) is 12.4. The van der Waals surface area contributed by atoms with Crippen LogP contribution in [0.4, 0.5) is 0 Å². The van der Waals surface area contributed by atoms with Gasteiger partial charge in [-0.3, -0.25) is 10.1 Å². The van der Waals surface area contributed by atoms with Gasteiger partial charge in [-0.2, -0.15) is 0 Å². The first-order chi connectivity index (χ1) is 9.99. The first kappa shape index (κ1) is 16.4. The summed E-state index contributed by atoms with van der Waals surface area (Å²) >= 11 is 8.67. The van der Waals surface area contributed by atoms with E-state index in [0.717, 1.165) is 10.9 Å². The lowest BCUT2D eigenvalue weighted by Gasteiger charge is -2.35. The SMILES string of the molecule is C[C@@H]1[C@H](C)CCC[C@@H]1NC(=S)NC(=O)c1ccccc1Br. The number of rotatable bonds is 2. The molecule has 2 N–H and O–H groups in total. The number of hydrogen-bond donors (Lipinski definition) is 2. The van der Waals surface area contributed by atoms with Crippen LogP contribution in [0.2, 0.25) is 0 Å². The van der Waals surface area contributed by atoms with Crippen molar-refractivity contribution in [3.05, 3.63) is 34.3 Å². The van der Waals surface area contributed by atoms with Crippen molar-refractivity contribution in [1.82, 2.24) is 10.6 Å². The molecule has 2 rings (SSSR count). The van der Waals surface area contributed by atoms with E-state index in [0.29, 0.717) is 28.6 Å². The molecule has 5 heteroatoms. The van der Waals surface area contributed by atoms with Gasteiger partial charge in [0.1, 0.15) is 0 Å². The summed E-state index contributed by atoms with van der Waals surface area (Å²) in [6.07, 6.45) is 3.59. The van der Waals surface area contributed by atoms with Gasteiger partial charge in [0.05, 0.1) is 5.56 Å². The van der Waals surface area contributed by atoms with Crippen LogP contribution in [-0.2, 0) is 0 Å². The summed E-state index contributed by atoms with van der Waals surface area (Å²) in [6, 6.07) is 7.67. The topological polar surface area (TPSA) is 41.1 Å². The zero-order chi connectivity index (χ0) is 15.4. The Balaban J connectivity index is 1.93. The fourth-order valence-electron chi connectivity index (χ4n) is 2.81. The third-order valence-electron chi connectivity index (χ3n) is 4.37. The molecule has 1 saturated carbocycles. The van der Waals surface area contributed by atoms with Crippen molar-refractivity contribution in [2.75, 3.05) is 0 Å². The molecule has 1 aliphatic rings. The van der Waals surface area contributed by atoms with Crippen LogP contribution in [-0.4, -0.2) is 17.1 Å². The molecule has 114 valence electrons. The number of thiocarbonyl (C=S) groups is 1. The van der Waals surface area contributed by atoms with E-state index < -0.39 is 0 Å². The Morgan fingerprint density at radius 1 is 1.29 bits per heavy atom. The summed E-state index contributed by atoms with van der Waals surface area (Å²) in [5, 5.41) is 6.49. The maximum absolute atomic E-state index is 12.2. The van der Waals surface area contributed by atoms with Gasteiger partial charge in [0.25, 0.3) is 5.91 Å². The Morgan fingerprint density at radius 2 is 2.00 bits per heavy atom. The fraction of sp³-hybridized carbons (Fsp3) is 0.500. The highest BCUT2D eigenvalue weighted by atomic mass is 79.9. The summed E-state index contributed by atoms with van der Waals surface area (Å²) in [7, 11) is 0. The van der Waals surface area contributed by atoms with E-state index in [2.05, 4.69) is 40.4 Å². The molecule has 1 aromatic carbocycles. The fourth-order valence-corrected chi connectivity index (χ4v) is 3.51. The molecule has 0 saturated heterocycles. The van der Waals surface area contributed by atoms with Gasteiger partial charge in [-0.25, -0.2) is 0 Å². The summed E-state index contributed by atoms with van der Waals surface area (Å²) < 4.78 is 0.768. The molecule has 0 aliphatic heterocycles. The lowest BCUT2D eigenvalue weighted by Crippen LogP contribution is -2.49. The molecule has 0 unspecified atom stereocenters. The van der Waals surface area contributed by atoms with E-state index in [4.69, 9.17) is 12.2 Å². The van der Waals surface area contributed by atoms with Crippen molar-refractivity contribution in [2.45, 2.75) is 39.2 Å². The second-order valence-corrected chi connectivity index (χ2v) is 7.04. The van der Waals surface area contributed by atoms with Gasteiger partial charge in [0, 0.05) is 10.5 Å². The number of benzene rings is 1. The van der Waals surface area contributed by atoms with Crippen molar-refractivity contribution in [3.8, 4) is 0 Å². The normalized spacial score (nSPS) is 25.2. The van der Waals surface area contributed by atoms with E-state index in [9.17, 15) is 4.79 Å². The molecule has 0 aromatic heterocycles. The molecule has 3 nitrogen and oxygen atoms in total. The summed E-state index contributed by atoms with van der Waals surface area (Å²) in [4.78, 5) is 12.2. The Bertz CT molecular complexity index is 535. The maximum Gasteiger partial charge on any atom is 0.258 e. The van der Waals surface area contributed by atoms with Crippen LogP contribution in [0.1, 0.15) is 43.5 Å². The quantitative estimate of drug-likeness (QED) is 0.778. The van der Waals surface area contributed by atoms with Gasteiger partial charge in [-0.1, -0.05) is 38.8 Å². The van der Waals surface area contributed by atoms with Gasteiger partial charge >= 0.3 is 0 Å². The van der Waals surface area contributed by atoms with Crippen molar-refractivity contribution < 1.29 is 4.79 Å². The number of carbonyl (C=O) groups is 1. The van der Waals surface area contributed by atoms with Crippen molar-refractivity contribution in [1.29, 1.82) is 0 Å². The molecular formula is C16H21BrN2OS. The molecule has 1 amide bonds. The average molecular weight is 369 g/mol. The highest BCUT2D eigenvalue weighted by Crippen LogP contribution is 2.29. The highest BCUT2D eigenvalue weighted by molar-refractivity contribution is 9.10. The smallest absolute Gasteiger partial charge is 0.258 e. The summed E-state index contributed by atoms with van der Waals surface area (Å²) in [6.45, 7) is 4.53. The number of amides is 1. The van der Waals surface area contributed by atoms with Crippen LogP contribution in [0.5, 0.6) is 0 Å². The average Bonchev–Trinajstić information content (AvgIpc) is 2.44. The lowest BCUT2D eigenvalue weighted by atomic mass is 9.78. The third-order valence-corrected chi connectivity index (χ3v) is 5.28. The van der Waals surface area contributed by atoms with Crippen molar-refractivity contribution in [3.63, 3.8) is 0 Å². The third kappa shape index (κ3) is 4.27. The molecule has 0 bridgehead atoms. The predicted molar refractivity (Wildman–Crippen MR) is 93.3 cm³/mol. The Morgan fingerprint density at radius 3 is 2.71 bits per heavy atom. The monoisotopic (exact) mass is 368 g/mol. The largest absolute Gasteiger partial charge is 0.359 e. The van der Waals surface area contributed by atoms with E-state index in [1.165, 1.54) is 12.8 Å². The first-order valence-electron chi connectivity index (χ1n) is 7.35.